The fourth-order valence-corrected chi connectivity index (χ4v) is 3.20. The minimum absolute atomic E-state index is 0. The van der Waals surface area contributed by atoms with Gasteiger partial charge in [0.05, 0.1) is 5.54 Å². The number of nitrogens with two attached hydrogens (primary N) is 1. The second-order valence-electron chi connectivity index (χ2n) is 6.37. The van der Waals surface area contributed by atoms with Gasteiger partial charge in [0.25, 0.3) is 0 Å². The zero-order valence-electron chi connectivity index (χ0n) is 13.9. The molecule has 1 aromatic carbocycles. The summed E-state index contributed by atoms with van der Waals surface area (Å²) in [5, 5.41) is 0.768. The van der Waals surface area contributed by atoms with Gasteiger partial charge in [-0.15, -0.1) is 12.4 Å². The van der Waals surface area contributed by atoms with E-state index in [1.54, 1.807) is 0 Å². The molecule has 1 heterocycles. The van der Waals surface area contributed by atoms with E-state index in [-0.39, 0.29) is 18.3 Å². The molecule has 0 saturated carbocycles. The SMILES string of the molecule is CCCC(C)(N)C(=O)N1CCN(Cc2cccc(Cl)c2)CC1.Cl. The first-order valence-electron chi connectivity index (χ1n) is 7.97. The molecule has 0 radical (unpaired) electrons. The Hall–Kier alpha value is -0.810. The van der Waals surface area contributed by atoms with Crippen LogP contribution in [-0.2, 0) is 11.3 Å². The monoisotopic (exact) mass is 359 g/mol. The average molecular weight is 360 g/mol. The maximum atomic E-state index is 12.5. The molecular formula is C17H27Cl2N3O. The topological polar surface area (TPSA) is 49.6 Å². The van der Waals surface area contributed by atoms with Crippen molar-refractivity contribution in [3.05, 3.63) is 34.9 Å². The van der Waals surface area contributed by atoms with Gasteiger partial charge in [0.2, 0.25) is 5.91 Å². The summed E-state index contributed by atoms with van der Waals surface area (Å²) < 4.78 is 0. The lowest BCUT2D eigenvalue weighted by atomic mass is 9.95. The van der Waals surface area contributed by atoms with Gasteiger partial charge in [0, 0.05) is 37.7 Å². The van der Waals surface area contributed by atoms with Crippen molar-refractivity contribution in [2.45, 2.75) is 38.8 Å². The van der Waals surface area contributed by atoms with Crippen molar-refractivity contribution < 1.29 is 4.79 Å². The van der Waals surface area contributed by atoms with E-state index >= 15 is 0 Å². The number of carbonyl (C=O) groups excluding carboxylic acids is 1. The van der Waals surface area contributed by atoms with E-state index in [0.717, 1.165) is 50.6 Å². The zero-order chi connectivity index (χ0) is 16.2. The molecule has 1 amide bonds. The van der Waals surface area contributed by atoms with Crippen molar-refractivity contribution in [2.75, 3.05) is 26.2 Å². The first-order chi connectivity index (χ1) is 10.4. The van der Waals surface area contributed by atoms with Gasteiger partial charge in [-0.25, -0.2) is 0 Å². The number of rotatable bonds is 5. The number of nitrogens with zero attached hydrogens (tertiary/aromatic N) is 2. The van der Waals surface area contributed by atoms with Gasteiger partial charge in [-0.3, -0.25) is 9.69 Å². The first kappa shape index (κ1) is 20.2. The van der Waals surface area contributed by atoms with Crippen molar-refractivity contribution in [3.63, 3.8) is 0 Å². The third kappa shape index (κ3) is 5.64. The van der Waals surface area contributed by atoms with E-state index in [2.05, 4.69) is 17.9 Å². The summed E-state index contributed by atoms with van der Waals surface area (Å²) in [6, 6.07) is 7.94. The molecule has 0 bridgehead atoms. The maximum Gasteiger partial charge on any atom is 0.242 e. The molecule has 2 N–H and O–H groups in total. The van der Waals surface area contributed by atoms with Crippen LogP contribution in [0.2, 0.25) is 5.02 Å². The fraction of sp³-hybridized carbons (Fsp3) is 0.588. The minimum Gasteiger partial charge on any atom is -0.339 e. The zero-order valence-corrected chi connectivity index (χ0v) is 15.5. The van der Waals surface area contributed by atoms with Crippen LogP contribution in [0.5, 0.6) is 0 Å². The van der Waals surface area contributed by atoms with Gasteiger partial charge in [0.15, 0.2) is 0 Å². The van der Waals surface area contributed by atoms with Crippen LogP contribution in [0.3, 0.4) is 0 Å². The third-order valence-electron chi connectivity index (χ3n) is 4.21. The summed E-state index contributed by atoms with van der Waals surface area (Å²) >= 11 is 6.02. The van der Waals surface area contributed by atoms with E-state index in [1.165, 1.54) is 5.56 Å². The molecule has 0 spiro atoms. The number of benzene rings is 1. The van der Waals surface area contributed by atoms with Gasteiger partial charge >= 0.3 is 0 Å². The summed E-state index contributed by atoms with van der Waals surface area (Å²) in [4.78, 5) is 16.7. The molecule has 1 unspecified atom stereocenters. The fourth-order valence-electron chi connectivity index (χ4n) is 2.99. The molecule has 1 aliphatic heterocycles. The highest BCUT2D eigenvalue weighted by Gasteiger charge is 2.33. The van der Waals surface area contributed by atoms with E-state index < -0.39 is 5.54 Å². The summed E-state index contributed by atoms with van der Waals surface area (Å²) in [5.74, 6) is 0.0803. The average Bonchev–Trinajstić information content (AvgIpc) is 2.47. The Morgan fingerprint density at radius 3 is 2.52 bits per heavy atom. The highest BCUT2D eigenvalue weighted by molar-refractivity contribution is 6.30. The standard InChI is InChI=1S/C17H26ClN3O.ClH/c1-3-7-17(2,19)16(22)21-10-8-20(9-11-21)13-14-5-4-6-15(18)12-14;/h4-6,12H,3,7-11,13,19H2,1-2H3;1H. The van der Waals surface area contributed by atoms with Gasteiger partial charge < -0.3 is 10.6 Å². The Balaban J connectivity index is 0.00000264. The molecule has 2 rings (SSSR count). The van der Waals surface area contributed by atoms with Crippen molar-refractivity contribution >= 4 is 29.9 Å². The van der Waals surface area contributed by atoms with E-state index in [4.69, 9.17) is 17.3 Å². The molecule has 1 fully saturated rings. The Morgan fingerprint density at radius 1 is 1.30 bits per heavy atom. The normalized spacial score (nSPS) is 18.2. The second-order valence-corrected chi connectivity index (χ2v) is 6.80. The number of hydrogen-bond donors (Lipinski definition) is 1. The second kappa shape index (κ2) is 8.88. The van der Waals surface area contributed by atoms with Crippen molar-refractivity contribution in [1.82, 2.24) is 9.80 Å². The molecule has 1 saturated heterocycles. The smallest absolute Gasteiger partial charge is 0.242 e. The van der Waals surface area contributed by atoms with Crippen LogP contribution >= 0.6 is 24.0 Å². The lowest BCUT2D eigenvalue weighted by Gasteiger charge is -2.38. The summed E-state index contributed by atoms with van der Waals surface area (Å²) in [6.07, 6.45) is 1.65. The molecule has 1 aromatic rings. The molecule has 0 aliphatic carbocycles. The molecule has 4 nitrogen and oxygen atoms in total. The van der Waals surface area contributed by atoms with Crippen LogP contribution in [-0.4, -0.2) is 47.4 Å². The van der Waals surface area contributed by atoms with Crippen LogP contribution < -0.4 is 5.73 Å². The predicted octanol–water partition coefficient (Wildman–Crippen LogP) is 2.92. The summed E-state index contributed by atoms with van der Waals surface area (Å²) in [6.45, 7) is 8.02. The van der Waals surface area contributed by atoms with Gasteiger partial charge in [-0.2, -0.15) is 0 Å². The Kier molecular flexibility index (Phi) is 7.81. The highest BCUT2D eigenvalue weighted by Crippen LogP contribution is 2.17. The summed E-state index contributed by atoms with van der Waals surface area (Å²) in [7, 11) is 0. The van der Waals surface area contributed by atoms with E-state index in [9.17, 15) is 4.79 Å². The van der Waals surface area contributed by atoms with Crippen molar-refractivity contribution in [1.29, 1.82) is 0 Å². The number of halogens is 2. The summed E-state index contributed by atoms with van der Waals surface area (Å²) in [5.41, 5.74) is 6.63. The van der Waals surface area contributed by atoms with Crippen LogP contribution in [0, 0.1) is 0 Å². The van der Waals surface area contributed by atoms with Gasteiger partial charge in [0.1, 0.15) is 0 Å². The molecule has 0 aromatic heterocycles. The number of piperazine rings is 1. The van der Waals surface area contributed by atoms with Crippen molar-refractivity contribution in [3.8, 4) is 0 Å². The quantitative estimate of drug-likeness (QED) is 0.878. The Morgan fingerprint density at radius 2 is 1.96 bits per heavy atom. The first-order valence-corrected chi connectivity index (χ1v) is 8.35. The maximum absolute atomic E-state index is 12.5. The molecular weight excluding hydrogens is 333 g/mol. The number of amides is 1. The lowest BCUT2D eigenvalue weighted by Crippen LogP contribution is -2.58. The minimum atomic E-state index is -0.732. The van der Waals surface area contributed by atoms with Gasteiger partial charge in [-0.05, 0) is 31.0 Å². The number of carbonyl (C=O) groups is 1. The molecule has 1 atom stereocenters. The van der Waals surface area contributed by atoms with Crippen LogP contribution in [0.1, 0.15) is 32.3 Å². The van der Waals surface area contributed by atoms with Crippen molar-refractivity contribution in [2.24, 2.45) is 5.73 Å². The van der Waals surface area contributed by atoms with E-state index in [0.29, 0.717) is 0 Å². The predicted molar refractivity (Wildman–Crippen MR) is 98.1 cm³/mol. The highest BCUT2D eigenvalue weighted by atomic mass is 35.5. The number of hydrogen-bond acceptors (Lipinski definition) is 3. The molecule has 6 heteroatoms. The van der Waals surface area contributed by atoms with Crippen LogP contribution in [0.25, 0.3) is 0 Å². The molecule has 130 valence electrons. The van der Waals surface area contributed by atoms with Crippen LogP contribution in [0.4, 0.5) is 0 Å². The van der Waals surface area contributed by atoms with Gasteiger partial charge in [-0.1, -0.05) is 37.1 Å². The Bertz CT molecular complexity index is 514. The molecule has 23 heavy (non-hydrogen) atoms. The van der Waals surface area contributed by atoms with E-state index in [1.807, 2.05) is 30.0 Å². The Labute approximate surface area is 150 Å². The largest absolute Gasteiger partial charge is 0.339 e. The van der Waals surface area contributed by atoms with Crippen LogP contribution in [0.15, 0.2) is 24.3 Å². The third-order valence-corrected chi connectivity index (χ3v) is 4.45. The molecule has 1 aliphatic rings. The lowest BCUT2D eigenvalue weighted by molar-refractivity contribution is -0.138.